The molecular weight excluding hydrogens is 551 g/mol. The van der Waals surface area contributed by atoms with Gasteiger partial charge in [0.2, 0.25) is 0 Å². The Morgan fingerprint density at radius 2 is 1.98 bits per heavy atom. The number of nitrogens with zero attached hydrogens (tertiary/aromatic N) is 1. The van der Waals surface area contributed by atoms with Gasteiger partial charge in [-0.2, -0.15) is 0 Å². The maximum atomic E-state index is 14.1. The molecule has 1 unspecified atom stereocenters. The topological polar surface area (TPSA) is 71.5 Å². The van der Waals surface area contributed by atoms with E-state index in [0.29, 0.717) is 42.9 Å². The summed E-state index contributed by atoms with van der Waals surface area (Å²) in [4.78, 5) is 17.3. The lowest BCUT2D eigenvalue weighted by Crippen LogP contribution is -2.53. The van der Waals surface area contributed by atoms with Crippen molar-refractivity contribution < 1.29 is 19.0 Å². The Balaban J connectivity index is 1.20. The molecule has 0 aliphatic heterocycles. The molecule has 1 heterocycles. The molecule has 0 amide bonds. The van der Waals surface area contributed by atoms with Gasteiger partial charge < -0.3 is 15.2 Å². The van der Waals surface area contributed by atoms with Crippen molar-refractivity contribution >= 4 is 23.3 Å². The normalized spacial score (nSPS) is 27.2. The number of aromatic nitrogens is 1. The molecular formula is C35H40ClFN2O3. The second-order valence-electron chi connectivity index (χ2n) is 13.0. The van der Waals surface area contributed by atoms with Crippen LogP contribution in [0.3, 0.4) is 0 Å². The molecule has 1 fully saturated rings. The van der Waals surface area contributed by atoms with Gasteiger partial charge in [0.1, 0.15) is 17.1 Å². The molecule has 5 nitrogen and oxygen atoms in total. The lowest BCUT2D eigenvalue weighted by atomic mass is 9.59. The molecule has 3 aromatic rings. The summed E-state index contributed by atoms with van der Waals surface area (Å²) in [5.41, 5.74) is 4.35. The summed E-state index contributed by atoms with van der Waals surface area (Å²) in [5, 5.41) is 13.8. The van der Waals surface area contributed by atoms with E-state index in [-0.39, 0.29) is 10.4 Å². The van der Waals surface area contributed by atoms with Gasteiger partial charge >= 0.3 is 5.97 Å². The number of carboxylic acid groups (broad SMARTS) is 1. The van der Waals surface area contributed by atoms with Crippen LogP contribution in [0.2, 0.25) is 5.02 Å². The van der Waals surface area contributed by atoms with E-state index in [1.165, 1.54) is 47.4 Å². The molecule has 0 radical (unpaired) electrons. The largest absolute Gasteiger partial charge is 0.493 e. The second-order valence-corrected chi connectivity index (χ2v) is 13.4. The standard InChI is InChI=1S/C35H40ClFN2O3/c1-22(21-42-31-10-15-38-30-9-5-6-23(2)32(30)31)16-25-17-24-7-3-4-8-29(24)34(25)11-13-35(14-12-34,33(40)41)39-28-19-26(36)18-27(37)20-28/h3-4,7-8,10,15,18-20,22-23,25,39H,5-6,9,11-14,16-17,21H2,1-2H3,(H,40,41)/t22-,23-,25?,34?,35?/m1/s1. The fraction of sp³-hybridized carbons (Fsp3) is 0.486. The van der Waals surface area contributed by atoms with Crippen molar-refractivity contribution in [2.45, 2.75) is 88.5 Å². The predicted molar refractivity (Wildman–Crippen MR) is 164 cm³/mol. The van der Waals surface area contributed by atoms with Crippen molar-refractivity contribution in [2.24, 2.45) is 11.8 Å². The van der Waals surface area contributed by atoms with Crippen LogP contribution in [0.25, 0.3) is 0 Å². The highest BCUT2D eigenvalue weighted by molar-refractivity contribution is 6.30. The molecule has 6 rings (SSSR count). The maximum absolute atomic E-state index is 14.1. The molecule has 1 spiro atoms. The Morgan fingerprint density at radius 1 is 1.19 bits per heavy atom. The number of anilines is 1. The number of aliphatic carboxylic acids is 1. The fourth-order valence-electron chi connectivity index (χ4n) is 8.12. The molecule has 3 aliphatic carbocycles. The van der Waals surface area contributed by atoms with E-state index in [9.17, 15) is 14.3 Å². The minimum absolute atomic E-state index is 0.0879. The zero-order valence-electron chi connectivity index (χ0n) is 24.5. The van der Waals surface area contributed by atoms with Gasteiger partial charge in [-0.05, 0) is 116 Å². The van der Waals surface area contributed by atoms with Crippen LogP contribution in [-0.4, -0.2) is 28.2 Å². The number of benzene rings is 2. The summed E-state index contributed by atoms with van der Waals surface area (Å²) in [6.45, 7) is 5.19. The third kappa shape index (κ3) is 5.39. The number of rotatable bonds is 8. The van der Waals surface area contributed by atoms with Crippen LogP contribution in [0.5, 0.6) is 5.75 Å². The summed E-state index contributed by atoms with van der Waals surface area (Å²) in [5.74, 6) is 0.791. The smallest absolute Gasteiger partial charge is 0.329 e. The molecule has 2 N–H and O–H groups in total. The van der Waals surface area contributed by atoms with Crippen LogP contribution < -0.4 is 10.1 Å². The van der Waals surface area contributed by atoms with Crippen LogP contribution >= 0.6 is 11.6 Å². The molecule has 1 saturated carbocycles. The highest BCUT2D eigenvalue weighted by Gasteiger charge is 2.54. The molecule has 0 saturated heterocycles. The number of ether oxygens (including phenoxy) is 1. The van der Waals surface area contributed by atoms with Gasteiger partial charge in [0.05, 0.1) is 6.61 Å². The predicted octanol–water partition coefficient (Wildman–Crippen LogP) is 8.34. The number of hydrogen-bond acceptors (Lipinski definition) is 4. The van der Waals surface area contributed by atoms with Crippen molar-refractivity contribution in [1.29, 1.82) is 0 Å². The van der Waals surface area contributed by atoms with Gasteiger partial charge in [-0.25, -0.2) is 9.18 Å². The average molecular weight is 591 g/mol. The van der Waals surface area contributed by atoms with E-state index in [1.807, 2.05) is 12.3 Å². The van der Waals surface area contributed by atoms with Gasteiger partial charge in [0, 0.05) is 28.2 Å². The maximum Gasteiger partial charge on any atom is 0.329 e. The Hall–Kier alpha value is -3.12. The summed E-state index contributed by atoms with van der Waals surface area (Å²) in [6, 6.07) is 14.8. The molecule has 3 aliphatic rings. The molecule has 42 heavy (non-hydrogen) atoms. The van der Waals surface area contributed by atoms with Crippen molar-refractivity contribution in [3.8, 4) is 5.75 Å². The summed E-state index contributed by atoms with van der Waals surface area (Å²) in [7, 11) is 0. The number of carboxylic acids is 1. The lowest BCUT2D eigenvalue weighted by Gasteiger charge is -2.47. The molecule has 2 aromatic carbocycles. The molecule has 3 atom stereocenters. The number of hydrogen-bond donors (Lipinski definition) is 2. The third-order valence-electron chi connectivity index (χ3n) is 10.2. The number of nitrogens with one attached hydrogen (secondary N) is 1. The van der Waals surface area contributed by atoms with Gasteiger partial charge in [-0.3, -0.25) is 4.98 Å². The first-order valence-electron chi connectivity index (χ1n) is 15.4. The van der Waals surface area contributed by atoms with Crippen molar-refractivity contribution in [3.63, 3.8) is 0 Å². The summed E-state index contributed by atoms with van der Waals surface area (Å²) < 4.78 is 20.6. The highest BCUT2D eigenvalue weighted by atomic mass is 35.5. The zero-order chi connectivity index (χ0) is 29.5. The van der Waals surface area contributed by atoms with Gasteiger partial charge in [0.15, 0.2) is 0 Å². The van der Waals surface area contributed by atoms with E-state index in [0.717, 1.165) is 37.9 Å². The van der Waals surface area contributed by atoms with Crippen LogP contribution in [0.1, 0.15) is 87.1 Å². The monoisotopic (exact) mass is 590 g/mol. The first-order valence-corrected chi connectivity index (χ1v) is 15.7. The molecule has 0 bridgehead atoms. The average Bonchev–Trinajstić information content (AvgIpc) is 3.25. The Labute approximate surface area is 252 Å². The number of halogens is 2. The van der Waals surface area contributed by atoms with Crippen LogP contribution in [0.4, 0.5) is 10.1 Å². The van der Waals surface area contributed by atoms with Crippen molar-refractivity contribution in [1.82, 2.24) is 4.98 Å². The number of fused-ring (bicyclic) bond motifs is 3. The fourth-order valence-corrected chi connectivity index (χ4v) is 8.35. The first-order chi connectivity index (χ1) is 20.2. The lowest BCUT2D eigenvalue weighted by molar-refractivity contribution is -0.144. The van der Waals surface area contributed by atoms with Crippen molar-refractivity contribution in [3.05, 3.63) is 88.0 Å². The van der Waals surface area contributed by atoms with Crippen LogP contribution in [-0.2, 0) is 23.1 Å². The van der Waals surface area contributed by atoms with Crippen LogP contribution in [0, 0.1) is 17.7 Å². The second kappa shape index (κ2) is 11.5. The van der Waals surface area contributed by atoms with Crippen LogP contribution in [0.15, 0.2) is 54.7 Å². The molecule has 7 heteroatoms. The van der Waals surface area contributed by atoms with Crippen molar-refractivity contribution in [2.75, 3.05) is 11.9 Å². The number of aryl methyl sites for hydroxylation is 1. The Bertz CT molecular complexity index is 1450. The number of carbonyl (C=O) groups is 1. The van der Waals surface area contributed by atoms with E-state index >= 15 is 0 Å². The molecule has 1 aromatic heterocycles. The van der Waals surface area contributed by atoms with E-state index in [2.05, 4.69) is 48.4 Å². The van der Waals surface area contributed by atoms with Gasteiger partial charge in [-0.1, -0.05) is 49.7 Å². The third-order valence-corrected chi connectivity index (χ3v) is 10.5. The highest BCUT2D eigenvalue weighted by Crippen LogP contribution is 2.56. The SMILES string of the molecule is C[C@@H](COc1ccnc2c1[C@H](C)CCC2)CC1Cc2ccccc2C12CCC(Nc1cc(F)cc(Cl)c1)(C(=O)O)CC2. The van der Waals surface area contributed by atoms with Gasteiger partial charge in [0.25, 0.3) is 0 Å². The first kappa shape index (κ1) is 29.0. The Morgan fingerprint density at radius 3 is 2.74 bits per heavy atom. The van der Waals surface area contributed by atoms with E-state index in [4.69, 9.17) is 16.3 Å². The minimum atomic E-state index is -1.17. The van der Waals surface area contributed by atoms with E-state index < -0.39 is 17.3 Å². The van der Waals surface area contributed by atoms with E-state index in [1.54, 1.807) is 6.07 Å². The quantitative estimate of drug-likeness (QED) is 0.276. The minimum Gasteiger partial charge on any atom is -0.493 e. The summed E-state index contributed by atoms with van der Waals surface area (Å²) >= 11 is 6.08. The summed E-state index contributed by atoms with van der Waals surface area (Å²) in [6.07, 6.45) is 9.66. The Kier molecular flexibility index (Phi) is 7.95. The number of pyridine rings is 1. The zero-order valence-corrected chi connectivity index (χ0v) is 25.2. The van der Waals surface area contributed by atoms with Gasteiger partial charge in [-0.15, -0.1) is 0 Å². The molecule has 222 valence electrons.